The lowest BCUT2D eigenvalue weighted by molar-refractivity contribution is -0.137. The number of amides is 4. The van der Waals surface area contributed by atoms with E-state index in [4.69, 9.17) is 5.26 Å². The molecule has 0 radical (unpaired) electrons. The minimum absolute atomic E-state index is 0.168. The normalized spacial score (nSPS) is 19.7. The van der Waals surface area contributed by atoms with E-state index in [9.17, 15) is 27.6 Å². The highest BCUT2D eigenvalue weighted by Crippen LogP contribution is 2.40. The number of imide groups is 2. The van der Waals surface area contributed by atoms with Gasteiger partial charge in [-0.2, -0.15) is 18.4 Å². The Bertz CT molecular complexity index is 1010. The summed E-state index contributed by atoms with van der Waals surface area (Å²) in [4.78, 5) is 38.5. The van der Waals surface area contributed by atoms with E-state index in [-0.39, 0.29) is 12.1 Å². The summed E-state index contributed by atoms with van der Waals surface area (Å²) in [6.45, 7) is 1.34. The van der Waals surface area contributed by atoms with Crippen LogP contribution in [0, 0.1) is 11.3 Å². The van der Waals surface area contributed by atoms with Gasteiger partial charge in [-0.25, -0.2) is 14.6 Å². The van der Waals surface area contributed by atoms with Crippen LogP contribution in [-0.4, -0.2) is 23.2 Å². The van der Waals surface area contributed by atoms with Gasteiger partial charge < -0.3 is 0 Å². The molecule has 2 aromatic rings. The number of carbonyl (C=O) groups is 3. The molecule has 0 spiro atoms. The Morgan fingerprint density at radius 2 is 1.75 bits per heavy atom. The fraction of sp³-hybridized carbons (Fsp3) is 0.158. The monoisotopic (exact) mass is 387 g/mol. The van der Waals surface area contributed by atoms with Gasteiger partial charge in [-0.15, -0.1) is 0 Å². The van der Waals surface area contributed by atoms with Crippen LogP contribution in [0.4, 0.5) is 23.7 Å². The molecule has 1 aliphatic rings. The molecule has 0 N–H and O–H groups in total. The third-order valence-corrected chi connectivity index (χ3v) is 4.63. The van der Waals surface area contributed by atoms with E-state index >= 15 is 0 Å². The average Bonchev–Trinajstić information content (AvgIpc) is 2.87. The summed E-state index contributed by atoms with van der Waals surface area (Å²) in [7, 11) is 0. The van der Waals surface area contributed by atoms with E-state index < -0.39 is 34.8 Å². The molecule has 3 rings (SSSR count). The van der Waals surface area contributed by atoms with Gasteiger partial charge in [-0.3, -0.25) is 9.59 Å². The number of anilines is 1. The standard InChI is InChI=1S/C19H12F3N3O3/c1-18(13-5-3-2-4-6-13)16(27)25(17(28)24(18)11-26)14-8-7-12(10-23)15(9-14)19(20,21)22/h2-9,11H,1H3. The molecule has 0 bridgehead atoms. The minimum Gasteiger partial charge on any atom is -0.278 e. The van der Waals surface area contributed by atoms with Crippen molar-refractivity contribution in [3.8, 4) is 6.07 Å². The zero-order valence-electron chi connectivity index (χ0n) is 14.4. The van der Waals surface area contributed by atoms with Crippen molar-refractivity contribution in [3.63, 3.8) is 0 Å². The first-order valence-corrected chi connectivity index (χ1v) is 7.96. The Labute approximate surface area is 157 Å². The second-order valence-electron chi connectivity index (χ2n) is 6.18. The number of alkyl halides is 3. The highest BCUT2D eigenvalue weighted by molar-refractivity contribution is 6.25. The average molecular weight is 387 g/mol. The van der Waals surface area contributed by atoms with Crippen LogP contribution in [0.5, 0.6) is 0 Å². The van der Waals surface area contributed by atoms with Gasteiger partial charge in [-0.05, 0) is 30.7 Å². The molecule has 9 heteroatoms. The lowest BCUT2D eigenvalue weighted by Gasteiger charge is -2.27. The Morgan fingerprint density at radius 3 is 2.29 bits per heavy atom. The van der Waals surface area contributed by atoms with Crippen molar-refractivity contribution in [2.24, 2.45) is 0 Å². The number of benzene rings is 2. The van der Waals surface area contributed by atoms with Crippen LogP contribution in [-0.2, 0) is 21.3 Å². The van der Waals surface area contributed by atoms with Gasteiger partial charge in [0.2, 0.25) is 6.41 Å². The number of rotatable bonds is 3. The first-order valence-electron chi connectivity index (χ1n) is 7.96. The molecule has 1 aliphatic heterocycles. The van der Waals surface area contributed by atoms with Crippen molar-refractivity contribution in [1.82, 2.24) is 4.90 Å². The zero-order chi connectivity index (χ0) is 20.7. The SMILES string of the molecule is CC1(c2ccccc2)C(=O)N(c2ccc(C#N)c(C(F)(F)F)c2)C(=O)N1C=O. The molecular formula is C19H12F3N3O3. The molecule has 0 saturated carbocycles. The summed E-state index contributed by atoms with van der Waals surface area (Å²) in [6.07, 6.45) is -4.69. The number of nitriles is 1. The van der Waals surface area contributed by atoms with Gasteiger partial charge in [-0.1, -0.05) is 30.3 Å². The molecule has 1 fully saturated rings. The Hall–Kier alpha value is -3.67. The molecule has 2 aromatic carbocycles. The minimum atomic E-state index is -4.86. The second-order valence-corrected chi connectivity index (χ2v) is 6.18. The van der Waals surface area contributed by atoms with Gasteiger partial charge in [0.15, 0.2) is 5.54 Å². The van der Waals surface area contributed by atoms with Crippen molar-refractivity contribution in [2.75, 3.05) is 4.90 Å². The third kappa shape index (κ3) is 2.70. The van der Waals surface area contributed by atoms with Crippen molar-refractivity contribution in [2.45, 2.75) is 18.6 Å². The summed E-state index contributed by atoms with van der Waals surface area (Å²) in [5.74, 6) is -0.881. The van der Waals surface area contributed by atoms with E-state index in [1.54, 1.807) is 18.2 Å². The van der Waals surface area contributed by atoms with Gasteiger partial charge in [0.05, 0.1) is 22.9 Å². The molecule has 0 aliphatic carbocycles. The van der Waals surface area contributed by atoms with Crippen LogP contribution < -0.4 is 4.90 Å². The van der Waals surface area contributed by atoms with Crippen LogP contribution in [0.3, 0.4) is 0 Å². The molecule has 28 heavy (non-hydrogen) atoms. The Morgan fingerprint density at radius 1 is 1.11 bits per heavy atom. The van der Waals surface area contributed by atoms with Crippen LogP contribution >= 0.6 is 0 Å². The summed E-state index contributed by atoms with van der Waals surface area (Å²) >= 11 is 0. The summed E-state index contributed by atoms with van der Waals surface area (Å²) in [5.41, 5.74) is -3.69. The van der Waals surface area contributed by atoms with E-state index in [2.05, 4.69) is 0 Å². The molecule has 0 aromatic heterocycles. The van der Waals surface area contributed by atoms with E-state index in [1.807, 2.05) is 0 Å². The van der Waals surface area contributed by atoms with Crippen molar-refractivity contribution in [1.29, 1.82) is 5.26 Å². The summed E-state index contributed by atoms with van der Waals surface area (Å²) in [5, 5.41) is 8.90. The van der Waals surface area contributed by atoms with Gasteiger partial charge in [0.25, 0.3) is 5.91 Å². The van der Waals surface area contributed by atoms with Crippen molar-refractivity contribution < 1.29 is 27.6 Å². The Balaban J connectivity index is 2.17. The second kappa shape index (κ2) is 6.49. The number of urea groups is 1. The first kappa shape index (κ1) is 19.1. The first-order chi connectivity index (χ1) is 13.2. The van der Waals surface area contributed by atoms with Crippen LogP contribution in [0.25, 0.3) is 0 Å². The molecule has 142 valence electrons. The Kier molecular flexibility index (Phi) is 4.43. The predicted octanol–water partition coefficient (Wildman–Crippen LogP) is 3.42. The largest absolute Gasteiger partial charge is 0.417 e. The number of hydrogen-bond acceptors (Lipinski definition) is 4. The highest BCUT2D eigenvalue weighted by atomic mass is 19.4. The van der Waals surface area contributed by atoms with Crippen LogP contribution in [0.2, 0.25) is 0 Å². The van der Waals surface area contributed by atoms with Gasteiger partial charge in [0, 0.05) is 0 Å². The number of halogens is 3. The highest BCUT2D eigenvalue weighted by Gasteiger charge is 2.56. The maximum atomic E-state index is 13.3. The molecule has 1 saturated heterocycles. The number of nitrogens with zero attached hydrogens (tertiary/aromatic N) is 3. The molecule has 1 atom stereocenters. The third-order valence-electron chi connectivity index (χ3n) is 4.63. The van der Waals surface area contributed by atoms with Crippen molar-refractivity contribution in [3.05, 3.63) is 65.2 Å². The fourth-order valence-corrected chi connectivity index (χ4v) is 3.11. The summed E-state index contributed by atoms with van der Waals surface area (Å²) in [6, 6.07) is 10.8. The molecular weight excluding hydrogens is 375 g/mol. The van der Waals surface area contributed by atoms with Gasteiger partial charge in [0.1, 0.15) is 0 Å². The quantitative estimate of drug-likeness (QED) is 0.597. The van der Waals surface area contributed by atoms with E-state index in [0.717, 1.165) is 12.1 Å². The zero-order valence-corrected chi connectivity index (χ0v) is 14.4. The van der Waals surface area contributed by atoms with E-state index in [0.29, 0.717) is 21.4 Å². The molecule has 1 heterocycles. The van der Waals surface area contributed by atoms with Gasteiger partial charge >= 0.3 is 12.2 Å². The topological polar surface area (TPSA) is 81.5 Å². The maximum Gasteiger partial charge on any atom is 0.417 e. The predicted molar refractivity (Wildman–Crippen MR) is 90.7 cm³/mol. The van der Waals surface area contributed by atoms with Crippen molar-refractivity contribution >= 4 is 24.0 Å². The molecule has 6 nitrogen and oxygen atoms in total. The molecule has 4 amide bonds. The lowest BCUT2D eigenvalue weighted by Crippen LogP contribution is -2.43. The fourth-order valence-electron chi connectivity index (χ4n) is 3.11. The number of carbonyl (C=O) groups excluding carboxylic acids is 3. The van der Waals surface area contributed by atoms with Crippen LogP contribution in [0.1, 0.15) is 23.6 Å². The lowest BCUT2D eigenvalue weighted by atomic mass is 9.90. The smallest absolute Gasteiger partial charge is 0.278 e. The molecule has 1 unspecified atom stereocenters. The van der Waals surface area contributed by atoms with Crippen LogP contribution in [0.15, 0.2) is 48.5 Å². The van der Waals surface area contributed by atoms with E-state index in [1.165, 1.54) is 25.1 Å². The number of hydrogen-bond donors (Lipinski definition) is 0. The maximum absolute atomic E-state index is 13.3. The summed E-state index contributed by atoms with van der Waals surface area (Å²) < 4.78 is 39.8.